The molecule has 0 aliphatic rings. The van der Waals surface area contributed by atoms with Gasteiger partial charge in [0.1, 0.15) is 0 Å². The highest BCUT2D eigenvalue weighted by atomic mass is 31.2. The van der Waals surface area contributed by atoms with E-state index in [9.17, 15) is 4.57 Å². The average molecular weight is 368 g/mol. The van der Waals surface area contributed by atoms with Crippen LogP contribution in [0.1, 0.15) is 52.7 Å². The molecule has 0 saturated carbocycles. The molecule has 0 saturated heterocycles. The van der Waals surface area contributed by atoms with Gasteiger partial charge in [-0.15, -0.1) is 0 Å². The van der Waals surface area contributed by atoms with Gasteiger partial charge >= 0.3 is 7.82 Å². The Hall–Kier alpha value is -1.35. The standard InChI is InChI=1S/C18H29N2O4P/c1-17(2,3)23-25(21,24-18(4,5)6)22-13-15-9-10-16(20)12-14(15)8-7-11-19/h9-10,12H,11,13,19-20H2,1-6H3. The van der Waals surface area contributed by atoms with Gasteiger partial charge < -0.3 is 11.5 Å². The number of benzene rings is 1. The molecular weight excluding hydrogens is 339 g/mol. The lowest BCUT2D eigenvalue weighted by Crippen LogP contribution is -2.24. The van der Waals surface area contributed by atoms with Gasteiger partial charge in [-0.1, -0.05) is 17.9 Å². The van der Waals surface area contributed by atoms with E-state index in [0.717, 1.165) is 5.56 Å². The third-order valence-electron chi connectivity index (χ3n) is 2.61. The first kappa shape index (κ1) is 21.7. The molecule has 0 heterocycles. The lowest BCUT2D eigenvalue weighted by Gasteiger charge is -2.31. The largest absolute Gasteiger partial charge is 0.476 e. The Labute approximate surface area is 150 Å². The van der Waals surface area contributed by atoms with Crippen LogP contribution >= 0.6 is 7.82 Å². The molecule has 0 fully saturated rings. The van der Waals surface area contributed by atoms with Gasteiger partial charge in [0.25, 0.3) is 0 Å². The Kier molecular flexibility index (Phi) is 7.25. The molecule has 0 aromatic heterocycles. The van der Waals surface area contributed by atoms with Crippen molar-refractivity contribution < 1.29 is 18.1 Å². The number of phosphoric ester groups is 1. The molecule has 0 aliphatic heterocycles. The van der Waals surface area contributed by atoms with E-state index in [1.165, 1.54) is 0 Å². The van der Waals surface area contributed by atoms with Crippen LogP contribution in [-0.2, 0) is 24.7 Å². The number of hydrogen-bond acceptors (Lipinski definition) is 6. The molecule has 0 aliphatic carbocycles. The van der Waals surface area contributed by atoms with Crippen molar-refractivity contribution in [2.45, 2.75) is 59.4 Å². The van der Waals surface area contributed by atoms with Crippen LogP contribution < -0.4 is 11.5 Å². The number of phosphoric acid groups is 1. The van der Waals surface area contributed by atoms with Gasteiger partial charge in [-0.05, 0) is 59.2 Å². The van der Waals surface area contributed by atoms with Crippen LogP contribution in [0.15, 0.2) is 18.2 Å². The predicted molar refractivity (Wildman–Crippen MR) is 101 cm³/mol. The van der Waals surface area contributed by atoms with Gasteiger partial charge in [0, 0.05) is 11.3 Å². The summed E-state index contributed by atoms with van der Waals surface area (Å²) >= 11 is 0. The van der Waals surface area contributed by atoms with E-state index >= 15 is 0 Å². The lowest BCUT2D eigenvalue weighted by atomic mass is 10.1. The van der Waals surface area contributed by atoms with Crippen molar-refractivity contribution in [1.29, 1.82) is 0 Å². The smallest absolute Gasteiger partial charge is 0.399 e. The van der Waals surface area contributed by atoms with Crippen molar-refractivity contribution >= 4 is 13.5 Å². The zero-order valence-corrected chi connectivity index (χ0v) is 16.8. The van der Waals surface area contributed by atoms with E-state index in [2.05, 4.69) is 11.8 Å². The van der Waals surface area contributed by atoms with E-state index in [4.69, 9.17) is 25.0 Å². The monoisotopic (exact) mass is 368 g/mol. The molecule has 140 valence electrons. The maximum absolute atomic E-state index is 13.1. The minimum Gasteiger partial charge on any atom is -0.399 e. The first-order valence-corrected chi connectivity index (χ1v) is 9.53. The molecule has 0 atom stereocenters. The van der Waals surface area contributed by atoms with E-state index < -0.39 is 19.0 Å². The number of nitrogens with two attached hydrogens (primary N) is 2. The maximum atomic E-state index is 13.1. The number of nitrogen functional groups attached to an aromatic ring is 1. The Morgan fingerprint density at radius 1 is 1.08 bits per heavy atom. The van der Waals surface area contributed by atoms with Gasteiger partial charge in [0.15, 0.2) is 0 Å². The summed E-state index contributed by atoms with van der Waals surface area (Å²) in [4.78, 5) is 0. The second-order valence-corrected chi connectivity index (χ2v) is 9.07. The van der Waals surface area contributed by atoms with Crippen LogP contribution in [0.4, 0.5) is 5.69 Å². The van der Waals surface area contributed by atoms with Crippen LogP contribution in [0.5, 0.6) is 0 Å². The molecule has 1 aromatic rings. The fourth-order valence-corrected chi connectivity index (χ4v) is 3.65. The van der Waals surface area contributed by atoms with Crippen LogP contribution in [0.25, 0.3) is 0 Å². The van der Waals surface area contributed by atoms with Gasteiger partial charge in [-0.25, -0.2) is 4.57 Å². The molecule has 25 heavy (non-hydrogen) atoms. The molecule has 1 aromatic carbocycles. The first-order valence-electron chi connectivity index (χ1n) is 8.07. The number of anilines is 1. The summed E-state index contributed by atoms with van der Waals surface area (Å²) < 4.78 is 29.9. The second kappa shape index (κ2) is 8.35. The summed E-state index contributed by atoms with van der Waals surface area (Å²) in [6, 6.07) is 5.22. The Morgan fingerprint density at radius 3 is 2.12 bits per heavy atom. The molecule has 7 heteroatoms. The average Bonchev–Trinajstić information content (AvgIpc) is 2.39. The minimum absolute atomic E-state index is 0.0122. The molecule has 0 amide bonds. The second-order valence-electron chi connectivity index (χ2n) is 7.55. The molecule has 4 N–H and O–H groups in total. The zero-order valence-electron chi connectivity index (χ0n) is 15.9. The van der Waals surface area contributed by atoms with Crippen LogP contribution in [0, 0.1) is 11.8 Å². The summed E-state index contributed by atoms with van der Waals surface area (Å²) in [6.45, 7) is 11.0. The zero-order chi connectivity index (χ0) is 19.3. The molecule has 0 radical (unpaired) electrons. The lowest BCUT2D eigenvalue weighted by molar-refractivity contribution is 0.000845. The number of hydrogen-bond donors (Lipinski definition) is 2. The van der Waals surface area contributed by atoms with Crippen LogP contribution in [0.3, 0.4) is 0 Å². The van der Waals surface area contributed by atoms with Crippen molar-refractivity contribution in [3.8, 4) is 11.8 Å². The van der Waals surface area contributed by atoms with E-state index in [0.29, 0.717) is 11.3 Å². The normalized spacial score (nSPS) is 12.6. The van der Waals surface area contributed by atoms with Crippen molar-refractivity contribution in [3.63, 3.8) is 0 Å². The van der Waals surface area contributed by atoms with E-state index in [-0.39, 0.29) is 13.2 Å². The van der Waals surface area contributed by atoms with Crippen LogP contribution in [-0.4, -0.2) is 17.7 Å². The fraction of sp³-hybridized carbons (Fsp3) is 0.556. The third-order valence-corrected chi connectivity index (χ3v) is 4.60. The Bertz CT molecular complexity index is 674. The van der Waals surface area contributed by atoms with Gasteiger partial charge in [0.2, 0.25) is 0 Å². The predicted octanol–water partition coefficient (Wildman–Crippen LogP) is 3.83. The van der Waals surface area contributed by atoms with Crippen molar-refractivity contribution in [2.75, 3.05) is 12.3 Å². The van der Waals surface area contributed by atoms with Crippen molar-refractivity contribution in [1.82, 2.24) is 0 Å². The van der Waals surface area contributed by atoms with Gasteiger partial charge in [0.05, 0.1) is 24.4 Å². The molecule has 0 bridgehead atoms. The molecular formula is C18H29N2O4P. The highest BCUT2D eigenvalue weighted by Crippen LogP contribution is 2.55. The molecule has 1 rings (SSSR count). The summed E-state index contributed by atoms with van der Waals surface area (Å²) in [7, 11) is -3.79. The summed E-state index contributed by atoms with van der Waals surface area (Å²) in [5.74, 6) is 5.72. The highest BCUT2D eigenvalue weighted by Gasteiger charge is 2.37. The van der Waals surface area contributed by atoms with Gasteiger partial charge in [-0.3, -0.25) is 13.6 Å². The third kappa shape index (κ3) is 8.53. The van der Waals surface area contributed by atoms with Crippen molar-refractivity contribution in [3.05, 3.63) is 29.3 Å². The summed E-state index contributed by atoms with van der Waals surface area (Å²) in [5.41, 5.74) is 11.8. The molecule has 0 unspecified atom stereocenters. The summed E-state index contributed by atoms with van der Waals surface area (Å²) in [6.07, 6.45) is 0. The Morgan fingerprint density at radius 2 is 1.64 bits per heavy atom. The fourth-order valence-electron chi connectivity index (χ4n) is 1.87. The first-order chi connectivity index (χ1) is 11.3. The quantitative estimate of drug-likeness (QED) is 0.466. The highest BCUT2D eigenvalue weighted by molar-refractivity contribution is 7.48. The summed E-state index contributed by atoms with van der Waals surface area (Å²) in [5, 5.41) is 0. The van der Waals surface area contributed by atoms with E-state index in [1.807, 2.05) is 0 Å². The van der Waals surface area contributed by atoms with Crippen LogP contribution in [0.2, 0.25) is 0 Å². The van der Waals surface area contributed by atoms with Crippen molar-refractivity contribution in [2.24, 2.45) is 5.73 Å². The maximum Gasteiger partial charge on any atom is 0.476 e. The van der Waals surface area contributed by atoms with E-state index in [1.54, 1.807) is 59.7 Å². The Balaban J connectivity index is 3.06. The van der Waals surface area contributed by atoms with Gasteiger partial charge in [-0.2, -0.15) is 0 Å². The SMILES string of the molecule is CC(C)(C)OP(=O)(OCc1ccc(N)cc1C#CCN)OC(C)(C)C. The molecule has 0 spiro atoms. The molecule has 6 nitrogen and oxygen atoms in total. The minimum atomic E-state index is -3.79. The number of rotatable bonds is 5. The topological polar surface area (TPSA) is 96.8 Å².